The maximum atomic E-state index is 14.5. The number of carbonyl (C=O) groups is 1. The van der Waals surface area contributed by atoms with Crippen LogP contribution in [0.15, 0.2) is 60.3 Å². The number of rotatable bonds is 7. The van der Waals surface area contributed by atoms with Crippen LogP contribution in [0.4, 0.5) is 14.6 Å². The summed E-state index contributed by atoms with van der Waals surface area (Å²) in [5.41, 5.74) is 10.4. The van der Waals surface area contributed by atoms with Gasteiger partial charge in [0, 0.05) is 23.8 Å². The number of hydrogen-bond donors (Lipinski definition) is 1. The molecule has 3 aromatic carbocycles. The van der Waals surface area contributed by atoms with Crippen molar-refractivity contribution >= 4 is 27.5 Å². The molecule has 7 nitrogen and oxygen atoms in total. The minimum absolute atomic E-state index is 0.0686. The molecule has 4 aromatic rings. The van der Waals surface area contributed by atoms with Crippen molar-refractivity contribution in [3.8, 4) is 17.2 Å². The average molecular weight is 550 g/mol. The zero-order valence-corrected chi connectivity index (χ0v) is 22.3. The molecule has 0 bridgehead atoms. The smallest absolute Gasteiger partial charge is 0.194 e. The number of benzene rings is 3. The third-order valence-electron chi connectivity index (χ3n) is 6.52. The van der Waals surface area contributed by atoms with Crippen molar-refractivity contribution in [3.05, 3.63) is 105 Å². The van der Waals surface area contributed by atoms with Crippen molar-refractivity contribution < 1.29 is 26.7 Å². The Morgan fingerprint density at radius 2 is 1.77 bits per heavy atom. The molecule has 0 atom stereocenters. The van der Waals surface area contributed by atoms with Crippen molar-refractivity contribution in [3.63, 3.8) is 0 Å². The fraction of sp³-hybridized carbons (Fsp3) is 0.172. The second-order valence-electron chi connectivity index (χ2n) is 9.68. The first-order valence-corrected chi connectivity index (χ1v) is 14.1. The highest BCUT2D eigenvalue weighted by Gasteiger charge is 2.26. The maximum absolute atomic E-state index is 14.5. The molecule has 0 aliphatic heterocycles. The minimum Gasteiger partial charge on any atom is -0.454 e. The number of halogens is 2. The van der Waals surface area contributed by atoms with Crippen LogP contribution < -0.4 is 10.5 Å². The number of anilines is 1. The summed E-state index contributed by atoms with van der Waals surface area (Å²) in [6.45, 7) is 3.66. The number of nitrogens with two attached hydrogens (primary N) is 1. The lowest BCUT2D eigenvalue weighted by molar-refractivity contribution is 0.103. The van der Waals surface area contributed by atoms with E-state index in [9.17, 15) is 22.0 Å². The topological polar surface area (TPSA) is 104 Å². The molecule has 1 aliphatic carbocycles. The number of fused-ring (bicyclic) bond motifs is 1. The number of nitrogen functional groups attached to an aromatic ring is 1. The Morgan fingerprint density at radius 1 is 1.08 bits per heavy atom. The van der Waals surface area contributed by atoms with E-state index in [1.54, 1.807) is 30.3 Å². The highest BCUT2D eigenvalue weighted by molar-refractivity contribution is 7.89. The van der Waals surface area contributed by atoms with Crippen LogP contribution in [0.3, 0.4) is 0 Å². The molecule has 5 rings (SSSR count). The summed E-state index contributed by atoms with van der Waals surface area (Å²) in [7, 11) is -3.42. The molecule has 0 fully saturated rings. The average Bonchev–Trinajstić information content (AvgIpc) is 3.42. The first-order valence-electron chi connectivity index (χ1n) is 12.0. The van der Waals surface area contributed by atoms with Crippen LogP contribution in [0, 0.1) is 25.5 Å². The van der Waals surface area contributed by atoms with Gasteiger partial charge in [-0.3, -0.25) is 4.79 Å². The number of ether oxygens (including phenoxy) is 1. The van der Waals surface area contributed by atoms with Gasteiger partial charge in [-0.1, -0.05) is 18.2 Å². The van der Waals surface area contributed by atoms with Crippen LogP contribution in [-0.2, 0) is 22.0 Å². The molecule has 1 aromatic heterocycles. The van der Waals surface area contributed by atoms with Crippen LogP contribution in [0.2, 0.25) is 0 Å². The van der Waals surface area contributed by atoms with E-state index in [0.29, 0.717) is 28.1 Å². The molecule has 0 radical (unpaired) electrons. The zero-order valence-electron chi connectivity index (χ0n) is 21.5. The Hall–Kier alpha value is -4.31. The van der Waals surface area contributed by atoms with Gasteiger partial charge in [-0.05, 0) is 72.5 Å². The van der Waals surface area contributed by atoms with Gasteiger partial charge >= 0.3 is 0 Å². The van der Waals surface area contributed by atoms with E-state index in [-0.39, 0.29) is 34.9 Å². The van der Waals surface area contributed by atoms with Gasteiger partial charge in [-0.15, -0.1) is 0 Å². The van der Waals surface area contributed by atoms with Crippen molar-refractivity contribution in [1.29, 1.82) is 0 Å². The van der Waals surface area contributed by atoms with E-state index in [0.717, 1.165) is 17.4 Å². The van der Waals surface area contributed by atoms with Crippen LogP contribution in [-0.4, -0.2) is 30.2 Å². The van der Waals surface area contributed by atoms with Gasteiger partial charge in [0.15, 0.2) is 27.2 Å². The van der Waals surface area contributed by atoms with Gasteiger partial charge in [0.25, 0.3) is 0 Å². The van der Waals surface area contributed by atoms with E-state index in [4.69, 9.17) is 10.5 Å². The second-order valence-corrected chi connectivity index (χ2v) is 11.8. The molecule has 10 heteroatoms. The van der Waals surface area contributed by atoms with Gasteiger partial charge in [0.2, 0.25) is 0 Å². The largest absolute Gasteiger partial charge is 0.454 e. The molecular formula is C29H25F2N3O4S. The van der Waals surface area contributed by atoms with Crippen LogP contribution in [0.5, 0.6) is 11.5 Å². The molecule has 39 heavy (non-hydrogen) atoms. The van der Waals surface area contributed by atoms with E-state index < -0.39 is 27.2 Å². The second kappa shape index (κ2) is 9.77. The molecule has 1 heterocycles. The first kappa shape index (κ1) is 26.3. The van der Waals surface area contributed by atoms with Crippen molar-refractivity contribution in [2.24, 2.45) is 0 Å². The summed E-state index contributed by atoms with van der Waals surface area (Å²) < 4.78 is 59.0. The van der Waals surface area contributed by atoms with E-state index in [2.05, 4.69) is 5.10 Å². The highest BCUT2D eigenvalue weighted by Crippen LogP contribution is 2.34. The SMILES string of the molecule is Cc1cc(Oc2ccccc2F)cc(C)c1-n1ncc(C(=O)C2=Cc3cc(F)c(CS(C)(=O)=O)cc3C2)c1N. The lowest BCUT2D eigenvalue weighted by Crippen LogP contribution is -2.10. The summed E-state index contributed by atoms with van der Waals surface area (Å²) >= 11 is 0. The standard InChI is InChI=1S/C29H25F2N3O4S/c1-16-8-22(38-26-7-5-4-6-24(26)30)9-17(2)27(16)34-29(32)23(14-33-34)28(35)20-10-18-12-21(15-39(3,36)37)25(31)13-19(18)11-20/h4-9,11-14H,10,15,32H2,1-3H3. The molecule has 2 N–H and O–H groups in total. The Bertz CT molecular complexity index is 1770. The van der Waals surface area contributed by atoms with Crippen LogP contribution in [0.25, 0.3) is 11.8 Å². The van der Waals surface area contributed by atoms with Crippen molar-refractivity contribution in [2.45, 2.75) is 26.0 Å². The van der Waals surface area contributed by atoms with Gasteiger partial charge in [-0.25, -0.2) is 21.9 Å². The number of Topliss-reactive ketones (excluding diaryl/α,β-unsaturated/α-hetero) is 1. The van der Waals surface area contributed by atoms with Crippen LogP contribution >= 0.6 is 0 Å². The molecule has 0 saturated carbocycles. The fourth-order valence-corrected chi connectivity index (χ4v) is 5.59. The maximum Gasteiger partial charge on any atom is 0.194 e. The molecule has 0 spiro atoms. The number of carbonyl (C=O) groups excluding carboxylic acids is 1. The molecule has 0 amide bonds. The third-order valence-corrected chi connectivity index (χ3v) is 7.36. The summed E-state index contributed by atoms with van der Waals surface area (Å²) in [6.07, 6.45) is 4.24. The van der Waals surface area contributed by atoms with E-state index in [1.165, 1.54) is 35.1 Å². The number of para-hydroxylation sites is 1. The van der Waals surface area contributed by atoms with Crippen LogP contribution in [0.1, 0.15) is 38.2 Å². The number of aryl methyl sites for hydroxylation is 2. The minimum atomic E-state index is -3.42. The summed E-state index contributed by atoms with van der Waals surface area (Å²) in [5, 5.41) is 4.36. The highest BCUT2D eigenvalue weighted by atomic mass is 32.2. The number of sulfone groups is 1. The quantitative estimate of drug-likeness (QED) is 0.305. The van der Waals surface area contributed by atoms with Gasteiger partial charge in [0.1, 0.15) is 17.4 Å². The number of aromatic nitrogens is 2. The Morgan fingerprint density at radius 3 is 2.44 bits per heavy atom. The van der Waals surface area contributed by atoms with Crippen molar-refractivity contribution in [2.75, 3.05) is 12.0 Å². The molecular weight excluding hydrogens is 524 g/mol. The zero-order chi connectivity index (χ0) is 28.1. The summed E-state index contributed by atoms with van der Waals surface area (Å²) in [4.78, 5) is 13.4. The Balaban J connectivity index is 1.41. The van der Waals surface area contributed by atoms with E-state index in [1.807, 2.05) is 13.8 Å². The normalized spacial score (nSPS) is 12.8. The number of nitrogens with zero attached hydrogens (tertiary/aromatic N) is 2. The summed E-state index contributed by atoms with van der Waals surface area (Å²) in [6, 6.07) is 12.3. The summed E-state index contributed by atoms with van der Waals surface area (Å²) in [5.74, 6) is -1.21. The van der Waals surface area contributed by atoms with E-state index >= 15 is 0 Å². The fourth-order valence-electron chi connectivity index (χ4n) is 4.80. The molecule has 200 valence electrons. The lowest BCUT2D eigenvalue weighted by atomic mass is 10.0. The third kappa shape index (κ3) is 5.20. The van der Waals surface area contributed by atoms with Gasteiger partial charge < -0.3 is 10.5 Å². The number of ketones is 1. The number of allylic oxidation sites excluding steroid dienone is 1. The first-order chi connectivity index (χ1) is 18.4. The Labute approximate surface area is 224 Å². The number of hydrogen-bond acceptors (Lipinski definition) is 6. The molecule has 1 aliphatic rings. The lowest BCUT2D eigenvalue weighted by Gasteiger charge is -2.15. The monoisotopic (exact) mass is 549 g/mol. The molecule has 0 saturated heterocycles. The predicted octanol–water partition coefficient (Wildman–Crippen LogP) is 5.51. The Kier molecular flexibility index (Phi) is 6.59. The molecule has 0 unspecified atom stereocenters. The van der Waals surface area contributed by atoms with Crippen molar-refractivity contribution in [1.82, 2.24) is 9.78 Å². The predicted molar refractivity (Wildman–Crippen MR) is 145 cm³/mol. The van der Waals surface area contributed by atoms with Gasteiger partial charge in [0.05, 0.1) is 23.2 Å². The van der Waals surface area contributed by atoms with Gasteiger partial charge in [-0.2, -0.15) is 5.10 Å².